The van der Waals surface area contributed by atoms with Crippen LogP contribution in [0.1, 0.15) is 37.9 Å². The fraction of sp³-hybridized carbons (Fsp3) is 0.615. The molecule has 0 radical (unpaired) electrons. The van der Waals surface area contributed by atoms with Crippen molar-refractivity contribution < 1.29 is 13.5 Å². The quantitative estimate of drug-likeness (QED) is 0.939. The van der Waals surface area contributed by atoms with E-state index in [0.717, 1.165) is 30.2 Å². The first kappa shape index (κ1) is 14.1. The van der Waals surface area contributed by atoms with Crippen LogP contribution in [0.25, 0.3) is 5.65 Å². The predicted molar refractivity (Wildman–Crippen MR) is 72.4 cm³/mol. The Morgan fingerprint density at radius 1 is 1.33 bits per heavy atom. The number of hydrogen-bond acceptors (Lipinski definition) is 5. The van der Waals surface area contributed by atoms with Crippen LogP contribution in [0.3, 0.4) is 0 Å². The number of ether oxygens (including phenoxy) is 1. The lowest BCUT2D eigenvalue weighted by Crippen LogP contribution is -2.31. The van der Waals surface area contributed by atoms with Crippen LogP contribution in [-0.4, -0.2) is 39.1 Å². The zero-order valence-corrected chi connectivity index (χ0v) is 11.7. The monoisotopic (exact) mass is 297 g/mol. The molecule has 2 unspecified atom stereocenters. The van der Waals surface area contributed by atoms with Crippen LogP contribution in [0.4, 0.5) is 14.6 Å². The summed E-state index contributed by atoms with van der Waals surface area (Å²) in [6.45, 7) is 0. The van der Waals surface area contributed by atoms with Crippen molar-refractivity contribution in [1.82, 2.24) is 19.8 Å². The van der Waals surface area contributed by atoms with Crippen molar-refractivity contribution in [2.45, 2.75) is 44.3 Å². The van der Waals surface area contributed by atoms with Gasteiger partial charge in [0.25, 0.3) is 6.43 Å². The second-order valence-electron chi connectivity index (χ2n) is 5.21. The highest BCUT2D eigenvalue weighted by molar-refractivity contribution is 5.44. The highest BCUT2D eigenvalue weighted by Crippen LogP contribution is 2.24. The van der Waals surface area contributed by atoms with E-state index >= 15 is 0 Å². The van der Waals surface area contributed by atoms with Gasteiger partial charge in [0, 0.05) is 13.2 Å². The molecule has 0 bridgehead atoms. The van der Waals surface area contributed by atoms with Crippen LogP contribution in [-0.2, 0) is 4.74 Å². The highest BCUT2D eigenvalue weighted by Gasteiger charge is 2.22. The zero-order chi connectivity index (χ0) is 14.8. The number of rotatable bonds is 4. The van der Waals surface area contributed by atoms with Gasteiger partial charge in [-0.3, -0.25) is 0 Å². The number of alkyl halides is 2. The normalized spacial score (nSPS) is 22.9. The number of nitrogens with zero attached hydrogens (tertiary/aromatic N) is 4. The van der Waals surface area contributed by atoms with E-state index in [-0.39, 0.29) is 12.1 Å². The Labute approximate surface area is 120 Å². The minimum atomic E-state index is -2.70. The maximum atomic E-state index is 12.8. The summed E-state index contributed by atoms with van der Waals surface area (Å²) in [5.41, 5.74) is 0.314. The largest absolute Gasteiger partial charge is 0.381 e. The topological polar surface area (TPSA) is 64.3 Å². The van der Waals surface area contributed by atoms with E-state index in [1.54, 1.807) is 19.2 Å². The summed E-state index contributed by atoms with van der Waals surface area (Å²) in [7, 11) is 1.71. The molecule has 1 N–H and O–H groups in total. The second-order valence-corrected chi connectivity index (χ2v) is 5.21. The standard InChI is InChI=1S/C13H17F2N5O/c1-21-9-4-2-3-8(7-9)16-10-5-6-11-17-18-13(12(14)15)20(11)19-10/h5-6,8-9,12H,2-4,7H2,1H3,(H,16,19). The van der Waals surface area contributed by atoms with Crippen molar-refractivity contribution in [3.8, 4) is 0 Å². The van der Waals surface area contributed by atoms with Gasteiger partial charge in [0.2, 0.25) is 5.82 Å². The first-order valence-electron chi connectivity index (χ1n) is 6.97. The molecule has 1 saturated carbocycles. The SMILES string of the molecule is COC1CCCC(Nc2ccc3nnc(C(F)F)n3n2)C1. The van der Waals surface area contributed by atoms with Crippen molar-refractivity contribution in [1.29, 1.82) is 0 Å². The highest BCUT2D eigenvalue weighted by atomic mass is 19.3. The van der Waals surface area contributed by atoms with Crippen LogP contribution in [0.2, 0.25) is 0 Å². The Kier molecular flexibility index (Phi) is 3.96. The van der Waals surface area contributed by atoms with Gasteiger partial charge in [0.15, 0.2) is 5.65 Å². The molecule has 2 aromatic heterocycles. The third kappa shape index (κ3) is 2.94. The van der Waals surface area contributed by atoms with Gasteiger partial charge < -0.3 is 10.1 Å². The van der Waals surface area contributed by atoms with Gasteiger partial charge in [-0.15, -0.1) is 15.3 Å². The summed E-state index contributed by atoms with van der Waals surface area (Å²) >= 11 is 0. The number of methoxy groups -OCH3 is 1. The van der Waals surface area contributed by atoms with Crippen molar-refractivity contribution in [3.05, 3.63) is 18.0 Å². The molecule has 0 aromatic carbocycles. The Morgan fingerprint density at radius 2 is 2.19 bits per heavy atom. The van der Waals surface area contributed by atoms with Gasteiger partial charge in [0.05, 0.1) is 6.10 Å². The van der Waals surface area contributed by atoms with Crippen LogP contribution in [0.5, 0.6) is 0 Å². The van der Waals surface area contributed by atoms with E-state index in [9.17, 15) is 8.78 Å². The summed E-state index contributed by atoms with van der Waals surface area (Å²) in [6.07, 6.45) is 1.58. The maximum absolute atomic E-state index is 12.8. The Bertz CT molecular complexity index is 618. The third-order valence-corrected chi connectivity index (χ3v) is 3.79. The van der Waals surface area contributed by atoms with Gasteiger partial charge in [-0.2, -0.15) is 4.52 Å². The van der Waals surface area contributed by atoms with Crippen molar-refractivity contribution in [2.75, 3.05) is 12.4 Å². The molecular formula is C13H17F2N5O. The number of fused-ring (bicyclic) bond motifs is 1. The summed E-state index contributed by atoms with van der Waals surface area (Å²) in [5, 5.41) is 14.6. The molecular weight excluding hydrogens is 280 g/mol. The number of halogens is 2. The summed E-state index contributed by atoms with van der Waals surface area (Å²) in [6, 6.07) is 3.60. The molecule has 2 aromatic rings. The summed E-state index contributed by atoms with van der Waals surface area (Å²) < 4.78 is 32.1. The fourth-order valence-electron chi connectivity index (χ4n) is 2.72. The third-order valence-electron chi connectivity index (χ3n) is 3.79. The molecule has 21 heavy (non-hydrogen) atoms. The number of anilines is 1. The molecule has 1 fully saturated rings. The second kappa shape index (κ2) is 5.88. The molecule has 8 heteroatoms. The first-order valence-corrected chi connectivity index (χ1v) is 6.97. The van der Waals surface area contributed by atoms with E-state index in [1.807, 2.05) is 0 Å². The van der Waals surface area contributed by atoms with Crippen molar-refractivity contribution in [2.24, 2.45) is 0 Å². The minimum absolute atomic E-state index is 0.236. The number of hydrogen-bond donors (Lipinski definition) is 1. The molecule has 2 atom stereocenters. The molecule has 2 heterocycles. The number of nitrogens with one attached hydrogen (secondary N) is 1. The van der Waals surface area contributed by atoms with Gasteiger partial charge in [-0.1, -0.05) is 0 Å². The Morgan fingerprint density at radius 3 is 2.95 bits per heavy atom. The van der Waals surface area contributed by atoms with Gasteiger partial charge in [-0.25, -0.2) is 8.78 Å². The molecule has 1 aliphatic carbocycles. The van der Waals surface area contributed by atoms with Gasteiger partial charge in [0.1, 0.15) is 5.82 Å². The van der Waals surface area contributed by atoms with Crippen molar-refractivity contribution in [3.63, 3.8) is 0 Å². The smallest absolute Gasteiger partial charge is 0.299 e. The average molecular weight is 297 g/mol. The van der Waals surface area contributed by atoms with Crippen LogP contribution < -0.4 is 5.32 Å². The molecule has 6 nitrogen and oxygen atoms in total. The van der Waals surface area contributed by atoms with Crippen LogP contribution in [0, 0.1) is 0 Å². The molecule has 0 aliphatic heterocycles. The summed E-state index contributed by atoms with van der Waals surface area (Å²) in [5.74, 6) is 0.109. The van der Waals surface area contributed by atoms with Crippen LogP contribution in [0.15, 0.2) is 12.1 Å². The predicted octanol–water partition coefficient (Wildman–Crippen LogP) is 2.43. The lowest BCUT2D eigenvalue weighted by molar-refractivity contribution is 0.0669. The summed E-state index contributed by atoms with van der Waals surface area (Å²) in [4.78, 5) is 0. The van der Waals surface area contributed by atoms with E-state index in [0.29, 0.717) is 11.5 Å². The average Bonchev–Trinajstić information content (AvgIpc) is 2.91. The molecule has 0 spiro atoms. The maximum Gasteiger partial charge on any atom is 0.299 e. The molecule has 3 rings (SSSR count). The van der Waals surface area contributed by atoms with Gasteiger partial charge in [-0.05, 0) is 37.8 Å². The van der Waals surface area contributed by atoms with E-state index in [2.05, 4.69) is 20.6 Å². The van der Waals surface area contributed by atoms with E-state index in [4.69, 9.17) is 4.74 Å². The molecule has 114 valence electrons. The Balaban J connectivity index is 1.79. The van der Waals surface area contributed by atoms with Crippen molar-refractivity contribution >= 4 is 11.5 Å². The molecule has 0 saturated heterocycles. The lowest BCUT2D eigenvalue weighted by Gasteiger charge is -2.29. The Hall–Kier alpha value is -1.83. The van der Waals surface area contributed by atoms with Crippen LogP contribution >= 0.6 is 0 Å². The minimum Gasteiger partial charge on any atom is -0.381 e. The molecule has 1 aliphatic rings. The molecule has 0 amide bonds. The fourth-order valence-corrected chi connectivity index (χ4v) is 2.72. The number of aromatic nitrogens is 4. The van der Waals surface area contributed by atoms with E-state index in [1.165, 1.54) is 0 Å². The lowest BCUT2D eigenvalue weighted by atomic mass is 9.93. The zero-order valence-electron chi connectivity index (χ0n) is 11.7. The first-order chi connectivity index (χ1) is 10.2. The van der Waals surface area contributed by atoms with Gasteiger partial charge >= 0.3 is 0 Å². The van der Waals surface area contributed by atoms with E-state index < -0.39 is 12.2 Å².